The van der Waals surface area contributed by atoms with E-state index in [2.05, 4.69) is 23.9 Å². The molecule has 1 heterocycles. The maximum Gasteiger partial charge on any atom is 0.262 e. The highest BCUT2D eigenvalue weighted by atomic mass is 32.2. The molecule has 4 nitrogen and oxygen atoms in total. The number of fused-ring (bicyclic) bond motifs is 1. The largest absolute Gasteiger partial charge is 0.482 e. The smallest absolute Gasteiger partial charge is 0.262 e. The standard InChI is InChI=1S/C9H10N2O2S.C3H8/c1-10-14-6-2-3-8-7(4-6)11-9(12)5-13-8;1-3-2/h2-4,10H,5H2,1H3,(H,11,12);3H2,1-2H3. The van der Waals surface area contributed by atoms with Gasteiger partial charge in [-0.1, -0.05) is 20.3 Å². The van der Waals surface area contributed by atoms with Crippen LogP contribution in [-0.4, -0.2) is 19.6 Å². The average Bonchev–Trinajstić information content (AvgIpc) is 2.30. The number of hydrogen-bond acceptors (Lipinski definition) is 4. The van der Waals surface area contributed by atoms with Gasteiger partial charge in [0.25, 0.3) is 5.91 Å². The molecule has 1 aromatic carbocycles. The van der Waals surface area contributed by atoms with Crippen molar-refractivity contribution in [1.29, 1.82) is 0 Å². The minimum absolute atomic E-state index is 0.103. The summed E-state index contributed by atoms with van der Waals surface area (Å²) in [4.78, 5) is 12.1. The van der Waals surface area contributed by atoms with Crippen LogP contribution in [0.4, 0.5) is 5.69 Å². The number of carbonyl (C=O) groups excluding carboxylic acids is 1. The number of ether oxygens (including phenoxy) is 1. The molecule has 1 amide bonds. The minimum atomic E-state index is -0.107. The lowest BCUT2D eigenvalue weighted by atomic mass is 10.2. The summed E-state index contributed by atoms with van der Waals surface area (Å²) < 4.78 is 8.19. The Morgan fingerprint density at radius 3 is 2.82 bits per heavy atom. The normalized spacial score (nSPS) is 12.8. The van der Waals surface area contributed by atoms with Crippen LogP contribution in [-0.2, 0) is 4.79 Å². The molecule has 2 N–H and O–H groups in total. The maximum atomic E-state index is 11.0. The third-order valence-electron chi connectivity index (χ3n) is 1.80. The second kappa shape index (κ2) is 7.19. The topological polar surface area (TPSA) is 50.4 Å². The van der Waals surface area contributed by atoms with E-state index in [9.17, 15) is 4.79 Å². The van der Waals surface area contributed by atoms with Crippen LogP contribution in [0.25, 0.3) is 0 Å². The Labute approximate surface area is 106 Å². The van der Waals surface area contributed by atoms with Crippen molar-refractivity contribution in [3.05, 3.63) is 18.2 Å². The van der Waals surface area contributed by atoms with Gasteiger partial charge in [-0.15, -0.1) is 0 Å². The zero-order chi connectivity index (χ0) is 12.7. The Morgan fingerprint density at radius 1 is 1.47 bits per heavy atom. The lowest BCUT2D eigenvalue weighted by Crippen LogP contribution is -2.25. The van der Waals surface area contributed by atoms with Crippen LogP contribution >= 0.6 is 11.9 Å². The summed E-state index contributed by atoms with van der Waals surface area (Å²) >= 11 is 1.49. The first-order valence-corrected chi connectivity index (χ1v) is 6.43. The molecule has 0 saturated heterocycles. The number of nitrogens with one attached hydrogen (secondary N) is 2. The molecule has 0 radical (unpaired) electrons. The Bertz CT molecular complexity index is 383. The Morgan fingerprint density at radius 2 is 2.18 bits per heavy atom. The van der Waals surface area contributed by atoms with Gasteiger partial charge in [0, 0.05) is 4.90 Å². The molecule has 1 aromatic rings. The molecule has 0 unspecified atom stereocenters. The fourth-order valence-corrected chi connectivity index (χ4v) is 1.79. The van der Waals surface area contributed by atoms with Crippen molar-refractivity contribution in [2.24, 2.45) is 0 Å². The van der Waals surface area contributed by atoms with Gasteiger partial charge < -0.3 is 10.1 Å². The van der Waals surface area contributed by atoms with Gasteiger partial charge in [0.05, 0.1) is 5.69 Å². The third-order valence-corrected chi connectivity index (χ3v) is 2.50. The van der Waals surface area contributed by atoms with E-state index in [1.165, 1.54) is 18.4 Å². The first-order chi connectivity index (χ1) is 8.21. The summed E-state index contributed by atoms with van der Waals surface area (Å²) in [5.41, 5.74) is 0.738. The first-order valence-electron chi connectivity index (χ1n) is 5.61. The summed E-state index contributed by atoms with van der Waals surface area (Å²) in [7, 11) is 1.85. The highest BCUT2D eigenvalue weighted by Gasteiger charge is 2.15. The molecule has 5 heteroatoms. The number of benzene rings is 1. The van der Waals surface area contributed by atoms with Crippen molar-refractivity contribution < 1.29 is 9.53 Å². The van der Waals surface area contributed by atoms with Crippen LogP contribution in [0, 0.1) is 0 Å². The van der Waals surface area contributed by atoms with E-state index in [1.54, 1.807) is 0 Å². The van der Waals surface area contributed by atoms with Crippen molar-refractivity contribution in [2.45, 2.75) is 25.2 Å². The summed E-state index contributed by atoms with van der Waals surface area (Å²) in [6.45, 7) is 4.35. The Balaban J connectivity index is 0.000000437. The number of anilines is 1. The van der Waals surface area contributed by atoms with Crippen LogP contribution in [0.3, 0.4) is 0 Å². The van der Waals surface area contributed by atoms with Crippen LogP contribution in [0.15, 0.2) is 23.1 Å². The summed E-state index contributed by atoms with van der Waals surface area (Å²) in [6, 6.07) is 5.68. The molecule has 1 aliphatic heterocycles. The maximum absolute atomic E-state index is 11.0. The molecule has 0 aromatic heterocycles. The van der Waals surface area contributed by atoms with Gasteiger partial charge >= 0.3 is 0 Å². The SMILES string of the molecule is CCC.CNSc1ccc2c(c1)NC(=O)CO2. The lowest BCUT2D eigenvalue weighted by molar-refractivity contribution is -0.118. The van der Waals surface area contributed by atoms with Gasteiger partial charge in [-0.25, -0.2) is 0 Å². The minimum Gasteiger partial charge on any atom is -0.482 e. The average molecular weight is 254 g/mol. The first kappa shape index (κ1) is 13.9. The molecular formula is C12H18N2O2S. The monoisotopic (exact) mass is 254 g/mol. The molecule has 0 spiro atoms. The van der Waals surface area contributed by atoms with Gasteiger partial charge in [0.2, 0.25) is 0 Å². The molecule has 1 aliphatic rings. The van der Waals surface area contributed by atoms with Gasteiger partial charge in [0.1, 0.15) is 5.75 Å². The lowest BCUT2D eigenvalue weighted by Gasteiger charge is -2.18. The highest BCUT2D eigenvalue weighted by molar-refractivity contribution is 7.97. The summed E-state index contributed by atoms with van der Waals surface area (Å²) in [5.74, 6) is 0.620. The van der Waals surface area contributed by atoms with Crippen LogP contribution in [0.5, 0.6) is 5.75 Å². The zero-order valence-electron chi connectivity index (χ0n) is 10.4. The van der Waals surface area contributed by atoms with Crippen LogP contribution < -0.4 is 14.8 Å². The van der Waals surface area contributed by atoms with Crippen LogP contribution in [0.2, 0.25) is 0 Å². The van der Waals surface area contributed by atoms with E-state index in [4.69, 9.17) is 4.74 Å². The highest BCUT2D eigenvalue weighted by Crippen LogP contribution is 2.31. The van der Waals surface area contributed by atoms with Crippen LogP contribution in [0.1, 0.15) is 20.3 Å². The van der Waals surface area contributed by atoms with Crippen molar-refractivity contribution >= 4 is 23.5 Å². The van der Waals surface area contributed by atoms with Crippen molar-refractivity contribution in [1.82, 2.24) is 4.72 Å². The van der Waals surface area contributed by atoms with E-state index in [1.807, 2.05) is 25.2 Å². The molecule has 17 heavy (non-hydrogen) atoms. The van der Waals surface area contributed by atoms with E-state index in [0.29, 0.717) is 0 Å². The van der Waals surface area contributed by atoms with Gasteiger partial charge in [-0.05, 0) is 37.2 Å². The van der Waals surface area contributed by atoms with E-state index in [0.717, 1.165) is 16.3 Å². The molecule has 0 aliphatic carbocycles. The zero-order valence-corrected chi connectivity index (χ0v) is 11.2. The van der Waals surface area contributed by atoms with E-state index in [-0.39, 0.29) is 12.5 Å². The van der Waals surface area contributed by atoms with Gasteiger partial charge in [-0.3, -0.25) is 9.52 Å². The summed E-state index contributed by atoms with van der Waals surface area (Å²) in [5, 5.41) is 2.75. The van der Waals surface area contributed by atoms with Crippen molar-refractivity contribution in [3.63, 3.8) is 0 Å². The van der Waals surface area contributed by atoms with Crippen molar-refractivity contribution in [2.75, 3.05) is 19.0 Å². The second-order valence-electron chi connectivity index (χ2n) is 3.51. The van der Waals surface area contributed by atoms with E-state index >= 15 is 0 Å². The third kappa shape index (κ3) is 4.28. The molecule has 94 valence electrons. The molecule has 0 fully saturated rings. The number of rotatable bonds is 2. The summed E-state index contributed by atoms with van der Waals surface area (Å²) in [6.07, 6.45) is 1.25. The number of carbonyl (C=O) groups is 1. The van der Waals surface area contributed by atoms with Crippen molar-refractivity contribution in [3.8, 4) is 5.75 Å². The molecule has 0 saturated carbocycles. The molecule has 2 rings (SSSR count). The second-order valence-corrected chi connectivity index (χ2v) is 4.59. The van der Waals surface area contributed by atoms with Gasteiger partial charge in [0.15, 0.2) is 6.61 Å². The van der Waals surface area contributed by atoms with Gasteiger partial charge in [-0.2, -0.15) is 0 Å². The fraction of sp³-hybridized carbons (Fsp3) is 0.417. The predicted octanol–water partition coefficient (Wildman–Crippen LogP) is 2.66. The Kier molecular flexibility index (Phi) is 5.86. The molecule has 0 atom stereocenters. The molecule has 0 bridgehead atoms. The quantitative estimate of drug-likeness (QED) is 0.797. The number of amides is 1. The predicted molar refractivity (Wildman–Crippen MR) is 71.4 cm³/mol. The Hall–Kier alpha value is -1.20. The number of hydrogen-bond donors (Lipinski definition) is 2. The molecular weight excluding hydrogens is 236 g/mol. The fourth-order valence-electron chi connectivity index (χ4n) is 1.24. The van der Waals surface area contributed by atoms with E-state index < -0.39 is 0 Å².